The molecule has 3 fully saturated rings. The van der Waals surface area contributed by atoms with Gasteiger partial charge >= 0.3 is 0 Å². The van der Waals surface area contributed by atoms with Gasteiger partial charge in [-0.2, -0.15) is 0 Å². The Morgan fingerprint density at radius 2 is 1.77 bits per heavy atom. The molecule has 0 bridgehead atoms. The molecule has 170 valence electrons. The van der Waals surface area contributed by atoms with Crippen LogP contribution in [0.1, 0.15) is 77.7 Å². The molecule has 0 radical (unpaired) electrons. The number of allylic oxidation sites excluding steroid dienone is 1. The first-order chi connectivity index (χ1) is 14.8. The zero-order valence-electron chi connectivity index (χ0n) is 19.8. The minimum atomic E-state index is -0.254. The van der Waals surface area contributed by atoms with Crippen LogP contribution in [0.15, 0.2) is 42.0 Å². The van der Waals surface area contributed by atoms with Gasteiger partial charge < -0.3 is 10.2 Å². The first-order valence-electron chi connectivity index (χ1n) is 12.9. The molecule has 9 atom stereocenters. The Hall–Kier alpha value is -1.12. The summed E-state index contributed by atoms with van der Waals surface area (Å²) in [5.41, 5.74) is 3.51. The number of aliphatic hydroxyl groups excluding tert-OH is 2. The molecule has 1 aromatic carbocycles. The van der Waals surface area contributed by atoms with Crippen LogP contribution in [0.4, 0.5) is 0 Å². The van der Waals surface area contributed by atoms with E-state index in [2.05, 4.69) is 57.2 Å². The summed E-state index contributed by atoms with van der Waals surface area (Å²) in [5, 5.41) is 21.4. The summed E-state index contributed by atoms with van der Waals surface area (Å²) in [5.74, 6) is 3.36. The lowest BCUT2D eigenvalue weighted by atomic mass is 9.47. The number of rotatable bonds is 4. The molecule has 0 saturated heterocycles. The topological polar surface area (TPSA) is 40.5 Å². The maximum atomic E-state index is 11.2. The lowest BCUT2D eigenvalue weighted by Crippen LogP contribution is -2.51. The Kier molecular flexibility index (Phi) is 5.62. The number of hydrogen-bond acceptors (Lipinski definition) is 2. The van der Waals surface area contributed by atoms with Crippen molar-refractivity contribution in [2.75, 3.05) is 0 Å². The summed E-state index contributed by atoms with van der Waals surface area (Å²) in [7, 11) is 0. The highest BCUT2D eigenvalue weighted by Crippen LogP contribution is 2.67. The van der Waals surface area contributed by atoms with Crippen LogP contribution in [0, 0.1) is 40.4 Å². The van der Waals surface area contributed by atoms with Crippen LogP contribution < -0.4 is 0 Å². The number of aliphatic hydroxyl groups is 2. The van der Waals surface area contributed by atoms with Gasteiger partial charge in [0.2, 0.25) is 0 Å². The Morgan fingerprint density at radius 1 is 1.00 bits per heavy atom. The molecule has 3 saturated carbocycles. The van der Waals surface area contributed by atoms with Gasteiger partial charge in [0.15, 0.2) is 0 Å². The standard InChI is InChI=1S/C29H42O2/c1-19(27(31)17-20-7-5-4-6-8-20)24-11-12-25-23-10-9-21-18-22(30)13-15-28(21,2)26(23)14-16-29(24,25)3/h4-9,19,22-27,30-31H,10-18H2,1-3H3/t19-,22-,23-,24+,25-,26-,27-,28-,29+/m0/s1. The van der Waals surface area contributed by atoms with Crippen molar-refractivity contribution >= 4 is 0 Å². The Balaban J connectivity index is 1.34. The molecule has 1 aromatic rings. The Bertz CT molecular complexity index is 815. The largest absolute Gasteiger partial charge is 0.393 e. The van der Waals surface area contributed by atoms with Gasteiger partial charge in [-0.3, -0.25) is 0 Å². The van der Waals surface area contributed by atoms with Crippen LogP contribution in [0.5, 0.6) is 0 Å². The second-order valence-corrected chi connectivity index (χ2v) is 12.0. The summed E-state index contributed by atoms with van der Waals surface area (Å²) >= 11 is 0. The van der Waals surface area contributed by atoms with Crippen molar-refractivity contribution in [2.24, 2.45) is 40.4 Å². The first kappa shape index (κ1) is 21.7. The van der Waals surface area contributed by atoms with E-state index in [1.54, 1.807) is 5.57 Å². The molecule has 0 unspecified atom stereocenters. The van der Waals surface area contributed by atoms with E-state index in [9.17, 15) is 10.2 Å². The van der Waals surface area contributed by atoms with Crippen molar-refractivity contribution in [1.29, 1.82) is 0 Å². The molecule has 0 heterocycles. The van der Waals surface area contributed by atoms with Crippen LogP contribution in [0.3, 0.4) is 0 Å². The van der Waals surface area contributed by atoms with Crippen molar-refractivity contribution in [3.63, 3.8) is 0 Å². The zero-order chi connectivity index (χ0) is 21.8. The van der Waals surface area contributed by atoms with Crippen molar-refractivity contribution < 1.29 is 10.2 Å². The van der Waals surface area contributed by atoms with Gasteiger partial charge in [-0.05, 0) is 104 Å². The molecule has 0 amide bonds. The van der Waals surface area contributed by atoms with Gasteiger partial charge in [0.25, 0.3) is 0 Å². The van der Waals surface area contributed by atoms with Gasteiger partial charge in [-0.25, -0.2) is 0 Å². The lowest BCUT2D eigenvalue weighted by Gasteiger charge is -2.58. The van der Waals surface area contributed by atoms with E-state index in [4.69, 9.17) is 0 Å². The van der Waals surface area contributed by atoms with Gasteiger partial charge in [0, 0.05) is 0 Å². The third-order valence-electron chi connectivity index (χ3n) is 10.7. The zero-order valence-corrected chi connectivity index (χ0v) is 19.8. The number of hydrogen-bond donors (Lipinski definition) is 2. The Labute approximate surface area is 189 Å². The monoisotopic (exact) mass is 422 g/mol. The van der Waals surface area contributed by atoms with E-state index in [0.717, 1.165) is 37.0 Å². The van der Waals surface area contributed by atoms with E-state index < -0.39 is 0 Å². The van der Waals surface area contributed by atoms with Gasteiger partial charge in [-0.1, -0.05) is 62.8 Å². The molecular formula is C29H42O2. The molecule has 4 aliphatic rings. The Morgan fingerprint density at radius 3 is 2.55 bits per heavy atom. The molecule has 5 rings (SSSR count). The molecular weight excluding hydrogens is 380 g/mol. The lowest BCUT2D eigenvalue weighted by molar-refractivity contribution is -0.0671. The second kappa shape index (κ2) is 8.03. The predicted octanol–water partition coefficient (Wildman–Crippen LogP) is 6.17. The average Bonchev–Trinajstić information content (AvgIpc) is 3.11. The fourth-order valence-corrected chi connectivity index (χ4v) is 8.86. The van der Waals surface area contributed by atoms with Crippen LogP contribution >= 0.6 is 0 Å². The van der Waals surface area contributed by atoms with E-state index >= 15 is 0 Å². The smallest absolute Gasteiger partial charge is 0.0608 e. The number of fused-ring (bicyclic) bond motifs is 5. The van der Waals surface area contributed by atoms with E-state index in [1.807, 2.05) is 0 Å². The highest BCUT2D eigenvalue weighted by Gasteiger charge is 2.59. The summed E-state index contributed by atoms with van der Waals surface area (Å²) in [6, 6.07) is 10.5. The molecule has 2 N–H and O–H groups in total. The SMILES string of the molecule is C[C@@H]([C@H]1CC[C@H]2[C@@H]3CC=C4C[C@@H](O)CC[C@]4(C)[C@H]3CC[C@]12C)[C@@H](O)Cc1ccccc1. The molecule has 31 heavy (non-hydrogen) atoms. The summed E-state index contributed by atoms with van der Waals surface area (Å²) in [6.07, 6.45) is 12.5. The van der Waals surface area contributed by atoms with Crippen molar-refractivity contribution in [1.82, 2.24) is 0 Å². The van der Waals surface area contributed by atoms with Crippen molar-refractivity contribution in [2.45, 2.75) is 90.8 Å². The fourth-order valence-electron chi connectivity index (χ4n) is 8.86. The fraction of sp³-hybridized carbons (Fsp3) is 0.724. The van der Waals surface area contributed by atoms with E-state index in [-0.39, 0.29) is 12.2 Å². The predicted molar refractivity (Wildman–Crippen MR) is 127 cm³/mol. The summed E-state index contributed by atoms with van der Waals surface area (Å²) < 4.78 is 0. The molecule has 0 spiro atoms. The van der Waals surface area contributed by atoms with Crippen LogP contribution in [0.2, 0.25) is 0 Å². The quantitative estimate of drug-likeness (QED) is 0.570. The highest BCUT2D eigenvalue weighted by molar-refractivity contribution is 5.25. The summed E-state index contributed by atoms with van der Waals surface area (Å²) in [4.78, 5) is 0. The minimum absolute atomic E-state index is 0.118. The normalized spacial score (nSPS) is 43.9. The van der Waals surface area contributed by atoms with E-state index in [0.29, 0.717) is 22.7 Å². The first-order valence-corrected chi connectivity index (χ1v) is 12.9. The molecule has 4 aliphatic carbocycles. The van der Waals surface area contributed by atoms with Crippen LogP contribution in [0.25, 0.3) is 0 Å². The molecule has 2 nitrogen and oxygen atoms in total. The van der Waals surface area contributed by atoms with Crippen molar-refractivity contribution in [3.05, 3.63) is 47.5 Å². The summed E-state index contributed by atoms with van der Waals surface area (Å²) in [6.45, 7) is 7.41. The van der Waals surface area contributed by atoms with Gasteiger partial charge in [0.05, 0.1) is 12.2 Å². The molecule has 0 aliphatic heterocycles. The van der Waals surface area contributed by atoms with Crippen LogP contribution in [-0.4, -0.2) is 22.4 Å². The number of benzene rings is 1. The average molecular weight is 423 g/mol. The van der Waals surface area contributed by atoms with Crippen molar-refractivity contribution in [3.8, 4) is 0 Å². The third kappa shape index (κ3) is 3.53. The van der Waals surface area contributed by atoms with Crippen LogP contribution in [-0.2, 0) is 6.42 Å². The molecule has 0 aromatic heterocycles. The van der Waals surface area contributed by atoms with E-state index in [1.165, 1.54) is 44.1 Å². The van der Waals surface area contributed by atoms with Gasteiger partial charge in [-0.15, -0.1) is 0 Å². The third-order valence-corrected chi connectivity index (χ3v) is 10.7. The molecule has 2 heteroatoms. The second-order valence-electron chi connectivity index (χ2n) is 12.0. The van der Waals surface area contributed by atoms with Gasteiger partial charge in [0.1, 0.15) is 0 Å². The maximum Gasteiger partial charge on any atom is 0.0608 e. The highest BCUT2D eigenvalue weighted by atomic mass is 16.3. The maximum absolute atomic E-state index is 11.2. The minimum Gasteiger partial charge on any atom is -0.393 e.